The van der Waals surface area contributed by atoms with Gasteiger partial charge in [-0.15, -0.1) is 0 Å². The molecule has 1 aromatic rings. The smallest absolute Gasteiger partial charge is 0.239 e. The summed E-state index contributed by atoms with van der Waals surface area (Å²) in [6.45, 7) is 4.74. The molecule has 1 aromatic carbocycles. The molecule has 0 unspecified atom stereocenters. The van der Waals surface area contributed by atoms with Gasteiger partial charge in [-0.1, -0.05) is 19.9 Å². The maximum Gasteiger partial charge on any atom is 0.239 e. The summed E-state index contributed by atoms with van der Waals surface area (Å²) < 4.78 is 14.1. The van der Waals surface area contributed by atoms with Gasteiger partial charge >= 0.3 is 0 Å². The number of nitrogens with zero attached hydrogens (tertiary/aromatic N) is 1. The molecule has 21 heavy (non-hydrogen) atoms. The van der Waals surface area contributed by atoms with E-state index in [4.69, 9.17) is 0 Å². The molecule has 1 amide bonds. The lowest BCUT2D eigenvalue weighted by atomic mass is 10.1. The second-order valence-corrected chi connectivity index (χ2v) is 5.97. The van der Waals surface area contributed by atoms with Gasteiger partial charge in [0.05, 0.1) is 6.54 Å². The first-order chi connectivity index (χ1) is 9.97. The normalized spacial score (nSPS) is 14.3. The molecule has 0 aliphatic heterocycles. The van der Waals surface area contributed by atoms with E-state index in [9.17, 15) is 9.18 Å². The van der Waals surface area contributed by atoms with Gasteiger partial charge in [0.15, 0.2) is 0 Å². The Morgan fingerprint density at radius 1 is 1.43 bits per heavy atom. The highest BCUT2D eigenvalue weighted by atomic mass is 19.1. The second kappa shape index (κ2) is 6.89. The molecule has 2 rings (SSSR count). The van der Waals surface area contributed by atoms with Crippen molar-refractivity contribution >= 4 is 11.6 Å². The van der Waals surface area contributed by atoms with Gasteiger partial charge in [0.25, 0.3) is 0 Å². The van der Waals surface area contributed by atoms with Crippen molar-refractivity contribution in [2.45, 2.75) is 45.3 Å². The van der Waals surface area contributed by atoms with Gasteiger partial charge < -0.3 is 15.5 Å². The van der Waals surface area contributed by atoms with Gasteiger partial charge in [-0.2, -0.15) is 0 Å². The zero-order valence-electron chi connectivity index (χ0n) is 12.9. The van der Waals surface area contributed by atoms with Gasteiger partial charge in [-0.05, 0) is 25.0 Å². The Kier molecular flexibility index (Phi) is 5.17. The molecule has 1 fully saturated rings. The van der Waals surface area contributed by atoms with Crippen LogP contribution in [0, 0.1) is 5.82 Å². The van der Waals surface area contributed by atoms with Gasteiger partial charge in [-0.25, -0.2) is 4.39 Å². The number of likely N-dealkylation sites (N-methyl/N-ethyl adjacent to an activating group) is 1. The Hall–Kier alpha value is -1.62. The SMILES string of the molecule is CC(C)NCc1c(F)cccc1N(C)CC(=O)NC1CC1. The van der Waals surface area contributed by atoms with Crippen molar-refractivity contribution in [1.82, 2.24) is 10.6 Å². The minimum atomic E-state index is -0.241. The fraction of sp³-hybridized carbons (Fsp3) is 0.562. The van der Waals surface area contributed by atoms with Crippen molar-refractivity contribution in [2.24, 2.45) is 0 Å². The zero-order chi connectivity index (χ0) is 15.4. The molecule has 0 bridgehead atoms. The predicted octanol–water partition coefficient (Wildman–Crippen LogP) is 2.04. The number of hydrogen-bond donors (Lipinski definition) is 2. The Balaban J connectivity index is 2.05. The van der Waals surface area contributed by atoms with Crippen LogP contribution in [0.25, 0.3) is 0 Å². The molecular formula is C16H24FN3O. The average Bonchev–Trinajstić information content (AvgIpc) is 3.20. The number of nitrogens with one attached hydrogen (secondary N) is 2. The molecule has 5 heteroatoms. The quantitative estimate of drug-likeness (QED) is 0.808. The summed E-state index contributed by atoms with van der Waals surface area (Å²) in [5, 5.41) is 6.18. The van der Waals surface area contributed by atoms with Crippen LogP contribution in [0.4, 0.5) is 10.1 Å². The van der Waals surface area contributed by atoms with Crippen LogP contribution in [-0.2, 0) is 11.3 Å². The van der Waals surface area contributed by atoms with Crippen molar-refractivity contribution in [3.05, 3.63) is 29.6 Å². The largest absolute Gasteiger partial charge is 0.365 e. The molecule has 1 saturated carbocycles. The molecule has 116 valence electrons. The first kappa shape index (κ1) is 15.8. The Bertz CT molecular complexity index is 500. The highest BCUT2D eigenvalue weighted by Gasteiger charge is 2.24. The molecule has 1 aliphatic carbocycles. The summed E-state index contributed by atoms with van der Waals surface area (Å²) in [7, 11) is 1.82. The van der Waals surface area contributed by atoms with Crippen molar-refractivity contribution in [1.29, 1.82) is 0 Å². The fourth-order valence-electron chi connectivity index (χ4n) is 2.19. The monoisotopic (exact) mass is 293 g/mol. The third kappa shape index (κ3) is 4.70. The minimum absolute atomic E-state index is 0.00738. The summed E-state index contributed by atoms with van der Waals surface area (Å²) in [4.78, 5) is 13.7. The van der Waals surface area contributed by atoms with Crippen LogP contribution in [0.3, 0.4) is 0 Å². The van der Waals surface area contributed by atoms with E-state index in [-0.39, 0.29) is 24.3 Å². The van der Waals surface area contributed by atoms with Crippen molar-refractivity contribution in [2.75, 3.05) is 18.5 Å². The molecule has 0 atom stereocenters. The first-order valence-electron chi connectivity index (χ1n) is 7.48. The fourth-order valence-corrected chi connectivity index (χ4v) is 2.19. The molecule has 2 N–H and O–H groups in total. The number of carbonyl (C=O) groups excluding carboxylic acids is 1. The summed E-state index contributed by atoms with van der Waals surface area (Å²) in [6.07, 6.45) is 2.14. The predicted molar refractivity (Wildman–Crippen MR) is 82.8 cm³/mol. The number of halogens is 1. The first-order valence-corrected chi connectivity index (χ1v) is 7.48. The number of benzene rings is 1. The lowest BCUT2D eigenvalue weighted by molar-refractivity contribution is -0.119. The molecule has 1 aliphatic rings. The third-order valence-corrected chi connectivity index (χ3v) is 3.52. The minimum Gasteiger partial charge on any atom is -0.365 e. The third-order valence-electron chi connectivity index (χ3n) is 3.52. The van der Waals surface area contributed by atoms with Crippen LogP contribution in [0.5, 0.6) is 0 Å². The Morgan fingerprint density at radius 3 is 2.76 bits per heavy atom. The lowest BCUT2D eigenvalue weighted by Crippen LogP contribution is -2.37. The Morgan fingerprint density at radius 2 is 2.14 bits per heavy atom. The number of anilines is 1. The van der Waals surface area contributed by atoms with E-state index < -0.39 is 0 Å². The highest BCUT2D eigenvalue weighted by molar-refractivity contribution is 5.82. The van der Waals surface area contributed by atoms with Crippen LogP contribution < -0.4 is 15.5 Å². The zero-order valence-corrected chi connectivity index (χ0v) is 12.9. The maximum absolute atomic E-state index is 14.1. The van der Waals surface area contributed by atoms with Crippen LogP contribution in [0.1, 0.15) is 32.3 Å². The molecule has 0 spiro atoms. The van der Waals surface area contributed by atoms with Crippen LogP contribution in [0.15, 0.2) is 18.2 Å². The van der Waals surface area contributed by atoms with Crippen LogP contribution in [0.2, 0.25) is 0 Å². The number of hydrogen-bond acceptors (Lipinski definition) is 3. The second-order valence-electron chi connectivity index (χ2n) is 5.97. The molecule has 0 radical (unpaired) electrons. The highest BCUT2D eigenvalue weighted by Crippen LogP contribution is 2.23. The van der Waals surface area contributed by atoms with Crippen molar-refractivity contribution in [3.8, 4) is 0 Å². The lowest BCUT2D eigenvalue weighted by Gasteiger charge is -2.23. The summed E-state index contributed by atoms with van der Waals surface area (Å²) in [5.74, 6) is -0.248. The topological polar surface area (TPSA) is 44.4 Å². The standard InChI is InChI=1S/C16H24FN3O/c1-11(2)18-9-13-14(17)5-4-6-15(13)20(3)10-16(21)19-12-7-8-12/h4-6,11-12,18H,7-10H2,1-3H3,(H,19,21). The van der Waals surface area contributed by atoms with Gasteiger partial charge in [-0.3, -0.25) is 4.79 Å². The van der Waals surface area contributed by atoms with E-state index in [1.807, 2.05) is 27.0 Å². The van der Waals surface area contributed by atoms with Gasteiger partial charge in [0.1, 0.15) is 5.82 Å². The molecule has 0 heterocycles. The number of carbonyl (C=O) groups is 1. The number of rotatable bonds is 7. The van der Waals surface area contributed by atoms with E-state index in [0.29, 0.717) is 18.2 Å². The van der Waals surface area contributed by atoms with E-state index in [1.54, 1.807) is 11.0 Å². The number of amides is 1. The van der Waals surface area contributed by atoms with E-state index in [2.05, 4.69) is 10.6 Å². The maximum atomic E-state index is 14.1. The average molecular weight is 293 g/mol. The molecule has 0 saturated heterocycles. The molecule has 0 aromatic heterocycles. The van der Waals surface area contributed by atoms with Crippen molar-refractivity contribution in [3.63, 3.8) is 0 Å². The Labute approximate surface area is 125 Å². The van der Waals surface area contributed by atoms with Gasteiger partial charge in [0, 0.05) is 36.9 Å². The summed E-state index contributed by atoms with van der Waals surface area (Å²) >= 11 is 0. The summed E-state index contributed by atoms with van der Waals surface area (Å²) in [5.41, 5.74) is 1.36. The summed E-state index contributed by atoms with van der Waals surface area (Å²) in [6, 6.07) is 5.62. The van der Waals surface area contributed by atoms with Crippen LogP contribution in [-0.4, -0.2) is 31.6 Å². The van der Waals surface area contributed by atoms with E-state index in [1.165, 1.54) is 6.07 Å². The van der Waals surface area contributed by atoms with Crippen LogP contribution >= 0.6 is 0 Å². The van der Waals surface area contributed by atoms with Crippen molar-refractivity contribution < 1.29 is 9.18 Å². The molecule has 4 nitrogen and oxygen atoms in total. The van der Waals surface area contributed by atoms with E-state index in [0.717, 1.165) is 18.5 Å². The van der Waals surface area contributed by atoms with Gasteiger partial charge in [0.2, 0.25) is 5.91 Å². The van der Waals surface area contributed by atoms with E-state index >= 15 is 0 Å². The molecular weight excluding hydrogens is 269 g/mol.